The molecule has 17 heavy (non-hydrogen) atoms. The van der Waals surface area contributed by atoms with Crippen molar-refractivity contribution in [3.05, 3.63) is 12.2 Å². The summed E-state index contributed by atoms with van der Waals surface area (Å²) in [7, 11) is 3.82. The number of hydrogen-bond donors (Lipinski definition) is 1. The Balaban J connectivity index is 3.61. The summed E-state index contributed by atoms with van der Waals surface area (Å²) in [6.45, 7) is 4.17. The van der Waals surface area contributed by atoms with Gasteiger partial charge in [-0.2, -0.15) is 12.6 Å². The van der Waals surface area contributed by atoms with E-state index < -0.39 is 0 Å². The predicted octanol–water partition coefficient (Wildman–Crippen LogP) is 3.98. The van der Waals surface area contributed by atoms with Gasteiger partial charge in [0.1, 0.15) is 6.10 Å². The Morgan fingerprint density at radius 3 is 2.76 bits per heavy atom. The lowest BCUT2D eigenvalue weighted by molar-refractivity contribution is -0.143. The first-order valence-corrected chi connectivity index (χ1v) is 9.08. The highest BCUT2D eigenvalue weighted by Crippen LogP contribution is 2.21. The van der Waals surface area contributed by atoms with Gasteiger partial charge in [0, 0.05) is 11.5 Å². The molecule has 5 heteroatoms. The van der Waals surface area contributed by atoms with Gasteiger partial charge in [-0.1, -0.05) is 41.5 Å². The molecule has 0 rings (SSSR count). The van der Waals surface area contributed by atoms with Crippen LogP contribution in [0.4, 0.5) is 0 Å². The van der Waals surface area contributed by atoms with E-state index in [1.807, 2.05) is 34.6 Å². The Hall–Kier alpha value is 0.260. The van der Waals surface area contributed by atoms with Gasteiger partial charge in [0.05, 0.1) is 5.75 Å². The van der Waals surface area contributed by atoms with Crippen LogP contribution >= 0.6 is 34.2 Å². The Bertz CT molecular complexity index is 220. The lowest BCUT2D eigenvalue weighted by Gasteiger charge is -2.10. The standard InChI is InChI=1S/C12H22O2S3/c1-3-11(14-12(13)10-15)8-6-5-7-9-17-16-4-2/h6,8,11,15H,3-5,7,9-10H2,1-2H3/b8-6+/t11-/m0/s1. The van der Waals surface area contributed by atoms with Gasteiger partial charge in [0.25, 0.3) is 0 Å². The summed E-state index contributed by atoms with van der Waals surface area (Å²) in [5, 5.41) is 0. The molecule has 0 aromatic heterocycles. The number of hydrogen-bond acceptors (Lipinski definition) is 5. The fourth-order valence-corrected chi connectivity index (χ4v) is 2.97. The molecule has 0 unspecified atom stereocenters. The van der Waals surface area contributed by atoms with E-state index in [0.29, 0.717) is 0 Å². The van der Waals surface area contributed by atoms with Gasteiger partial charge < -0.3 is 4.74 Å². The highest BCUT2D eigenvalue weighted by atomic mass is 33.1. The number of thiol groups is 1. The SMILES string of the molecule is CCSSCCC/C=C/[C@H](CC)OC(=O)CS. The van der Waals surface area contributed by atoms with Gasteiger partial charge in [-0.15, -0.1) is 0 Å². The normalized spacial score (nSPS) is 12.9. The maximum absolute atomic E-state index is 11.0. The first-order chi connectivity index (χ1) is 8.24. The molecular weight excluding hydrogens is 272 g/mol. The van der Waals surface area contributed by atoms with Gasteiger partial charge in [0.15, 0.2) is 0 Å². The predicted molar refractivity (Wildman–Crippen MR) is 83.0 cm³/mol. The molecule has 1 atom stereocenters. The van der Waals surface area contributed by atoms with E-state index in [9.17, 15) is 4.79 Å². The third-order valence-electron chi connectivity index (χ3n) is 1.96. The molecule has 0 fully saturated rings. The molecular formula is C12H22O2S3. The number of ether oxygens (including phenoxy) is 1. The summed E-state index contributed by atoms with van der Waals surface area (Å²) in [5.74, 6) is 2.24. The van der Waals surface area contributed by atoms with Crippen LogP contribution in [0.15, 0.2) is 12.2 Å². The van der Waals surface area contributed by atoms with E-state index in [4.69, 9.17) is 4.74 Å². The lowest BCUT2D eigenvalue weighted by atomic mass is 10.2. The zero-order valence-corrected chi connectivity index (χ0v) is 13.1. The molecule has 0 N–H and O–H groups in total. The maximum atomic E-state index is 11.0. The molecule has 0 spiro atoms. The first-order valence-electron chi connectivity index (χ1n) is 5.96. The van der Waals surface area contributed by atoms with Crippen LogP contribution in [0.3, 0.4) is 0 Å². The number of rotatable bonds is 10. The van der Waals surface area contributed by atoms with E-state index in [2.05, 4.69) is 25.6 Å². The average molecular weight is 295 g/mol. The number of esters is 1. The molecule has 0 aromatic carbocycles. The average Bonchev–Trinajstić information content (AvgIpc) is 2.35. The van der Waals surface area contributed by atoms with Crippen molar-refractivity contribution in [3.8, 4) is 0 Å². The van der Waals surface area contributed by atoms with Crippen molar-refractivity contribution in [3.63, 3.8) is 0 Å². The number of carbonyl (C=O) groups excluding carboxylic acids is 1. The Morgan fingerprint density at radius 2 is 2.18 bits per heavy atom. The van der Waals surface area contributed by atoms with Gasteiger partial charge in [-0.25, -0.2) is 0 Å². The Morgan fingerprint density at radius 1 is 1.41 bits per heavy atom. The second-order valence-corrected chi connectivity index (χ2v) is 6.58. The molecule has 0 aromatic rings. The van der Waals surface area contributed by atoms with Gasteiger partial charge in [-0.05, 0) is 25.3 Å². The van der Waals surface area contributed by atoms with Crippen LogP contribution in [0.1, 0.15) is 33.1 Å². The third-order valence-corrected chi connectivity index (χ3v) is 4.79. The fraction of sp³-hybridized carbons (Fsp3) is 0.750. The van der Waals surface area contributed by atoms with Crippen molar-refractivity contribution in [2.45, 2.75) is 39.2 Å². The summed E-state index contributed by atoms with van der Waals surface area (Å²) in [5.41, 5.74) is 0. The molecule has 0 saturated heterocycles. The summed E-state index contributed by atoms with van der Waals surface area (Å²) < 4.78 is 5.18. The third kappa shape index (κ3) is 11.1. The minimum atomic E-state index is -0.250. The van der Waals surface area contributed by atoms with Crippen LogP contribution in [-0.2, 0) is 9.53 Å². The van der Waals surface area contributed by atoms with Crippen molar-refractivity contribution >= 4 is 40.2 Å². The molecule has 0 amide bonds. The second-order valence-electron chi connectivity index (χ2n) is 3.39. The maximum Gasteiger partial charge on any atom is 0.316 e. The topological polar surface area (TPSA) is 26.3 Å². The molecule has 2 nitrogen and oxygen atoms in total. The van der Waals surface area contributed by atoms with Crippen LogP contribution in [0.5, 0.6) is 0 Å². The van der Waals surface area contributed by atoms with E-state index in [-0.39, 0.29) is 17.8 Å². The molecule has 0 aliphatic carbocycles. The highest BCUT2D eigenvalue weighted by molar-refractivity contribution is 8.76. The number of unbranched alkanes of at least 4 members (excludes halogenated alkanes) is 1. The fourth-order valence-electron chi connectivity index (χ4n) is 1.12. The molecule has 0 bridgehead atoms. The van der Waals surface area contributed by atoms with Crippen LogP contribution in [0, 0.1) is 0 Å². The summed E-state index contributed by atoms with van der Waals surface area (Å²) in [4.78, 5) is 11.0. The summed E-state index contributed by atoms with van der Waals surface area (Å²) in [6.07, 6.45) is 7.04. The molecule has 0 heterocycles. The van der Waals surface area contributed by atoms with Crippen LogP contribution < -0.4 is 0 Å². The largest absolute Gasteiger partial charge is 0.458 e. The summed E-state index contributed by atoms with van der Waals surface area (Å²) in [6, 6.07) is 0. The Labute approximate surface area is 118 Å². The van der Waals surface area contributed by atoms with E-state index in [1.54, 1.807) is 0 Å². The first kappa shape index (κ1) is 17.3. The molecule has 0 saturated carbocycles. The number of carbonyl (C=O) groups is 1. The van der Waals surface area contributed by atoms with Gasteiger partial charge >= 0.3 is 5.97 Å². The second kappa shape index (κ2) is 12.7. The van der Waals surface area contributed by atoms with Gasteiger partial charge in [0.2, 0.25) is 0 Å². The van der Waals surface area contributed by atoms with Crippen molar-refractivity contribution in [2.24, 2.45) is 0 Å². The van der Waals surface area contributed by atoms with Crippen LogP contribution in [0.25, 0.3) is 0 Å². The molecule has 0 aliphatic heterocycles. The molecule has 0 aliphatic rings. The zero-order valence-electron chi connectivity index (χ0n) is 10.6. The highest BCUT2D eigenvalue weighted by Gasteiger charge is 2.06. The van der Waals surface area contributed by atoms with Gasteiger partial charge in [-0.3, -0.25) is 4.79 Å². The minimum absolute atomic E-state index is 0.0904. The molecule has 100 valence electrons. The van der Waals surface area contributed by atoms with Crippen molar-refractivity contribution in [2.75, 3.05) is 17.3 Å². The molecule has 0 radical (unpaired) electrons. The Kier molecular flexibility index (Phi) is 12.9. The van der Waals surface area contributed by atoms with Crippen LogP contribution in [-0.4, -0.2) is 29.3 Å². The van der Waals surface area contributed by atoms with E-state index in [0.717, 1.165) is 18.6 Å². The zero-order chi connectivity index (χ0) is 12.9. The van der Waals surface area contributed by atoms with Crippen molar-refractivity contribution in [1.82, 2.24) is 0 Å². The van der Waals surface area contributed by atoms with E-state index >= 15 is 0 Å². The lowest BCUT2D eigenvalue weighted by Crippen LogP contribution is -2.15. The smallest absolute Gasteiger partial charge is 0.316 e. The number of allylic oxidation sites excluding steroid dienone is 1. The van der Waals surface area contributed by atoms with Crippen molar-refractivity contribution in [1.29, 1.82) is 0 Å². The minimum Gasteiger partial charge on any atom is -0.458 e. The van der Waals surface area contributed by atoms with Crippen LogP contribution in [0.2, 0.25) is 0 Å². The quantitative estimate of drug-likeness (QED) is 0.217. The monoisotopic (exact) mass is 294 g/mol. The van der Waals surface area contributed by atoms with E-state index in [1.165, 1.54) is 12.2 Å². The summed E-state index contributed by atoms with van der Waals surface area (Å²) >= 11 is 3.88. The van der Waals surface area contributed by atoms with Crippen molar-refractivity contribution < 1.29 is 9.53 Å².